The van der Waals surface area contributed by atoms with E-state index in [1.807, 2.05) is 40.0 Å². The molecule has 0 bridgehead atoms. The molecule has 44 heavy (non-hydrogen) atoms. The number of carbonyl (C=O) groups excluding carboxylic acids is 2. The summed E-state index contributed by atoms with van der Waals surface area (Å²) in [5.41, 5.74) is 2.21. The molecule has 0 radical (unpaired) electrons. The molecule has 2 aliphatic rings. The van der Waals surface area contributed by atoms with Gasteiger partial charge in [-0.15, -0.1) is 0 Å². The first-order valence-corrected chi connectivity index (χ1v) is 17.1. The smallest absolute Gasteiger partial charge is 0.407 e. The summed E-state index contributed by atoms with van der Waals surface area (Å²) in [6.45, 7) is 9.52. The quantitative estimate of drug-likeness (QED) is 0.385. The predicted octanol–water partition coefficient (Wildman–Crippen LogP) is 4.92. The Morgan fingerprint density at radius 2 is 1.80 bits per heavy atom. The number of amides is 2. The van der Waals surface area contributed by atoms with E-state index < -0.39 is 21.7 Å². The average Bonchev–Trinajstić information content (AvgIpc) is 3.34. The van der Waals surface area contributed by atoms with Crippen molar-refractivity contribution in [2.75, 3.05) is 35.5 Å². The molecule has 238 valence electrons. The number of aryl methyl sites for hydroxylation is 1. The third-order valence-electron chi connectivity index (χ3n) is 7.75. The molecule has 4 heterocycles. The molecule has 2 aromatic heterocycles. The number of nitrogens with one attached hydrogen (secondary N) is 2. The number of anilines is 2. The van der Waals surface area contributed by atoms with E-state index in [0.29, 0.717) is 17.2 Å². The summed E-state index contributed by atoms with van der Waals surface area (Å²) in [4.78, 5) is 35.0. The molecule has 2 saturated heterocycles. The van der Waals surface area contributed by atoms with E-state index in [-0.39, 0.29) is 29.2 Å². The fourth-order valence-corrected chi connectivity index (χ4v) is 6.58. The van der Waals surface area contributed by atoms with E-state index in [0.717, 1.165) is 68.5 Å². The standard InChI is InChI=1S/C30H40ClN7O5S/c1-19-18-38-26(33-27(19)36-14-11-21(12-15-36)32-29(40)43-30(2,3)4)17-24(34-38)25-8-6-7-13-37(25)28(39)22-16-20(31)9-10-23(22)35-44(5,41)42/h9-10,16-18,21,25,35H,6-8,11-15H2,1-5H3,(H,32,40)/t25-/m0/s1. The van der Waals surface area contributed by atoms with Gasteiger partial charge in [-0.1, -0.05) is 11.6 Å². The normalized spacial score (nSPS) is 18.4. The zero-order chi connectivity index (χ0) is 31.8. The summed E-state index contributed by atoms with van der Waals surface area (Å²) < 4.78 is 33.6. The van der Waals surface area contributed by atoms with E-state index in [2.05, 4.69) is 14.9 Å². The van der Waals surface area contributed by atoms with Crippen molar-refractivity contribution in [3.8, 4) is 0 Å². The Labute approximate surface area is 263 Å². The van der Waals surface area contributed by atoms with Crippen molar-refractivity contribution in [2.24, 2.45) is 0 Å². The number of hydrogen-bond acceptors (Lipinski definition) is 8. The minimum absolute atomic E-state index is 0.0363. The minimum Gasteiger partial charge on any atom is -0.444 e. The van der Waals surface area contributed by atoms with Crippen LogP contribution in [-0.4, -0.2) is 77.4 Å². The molecule has 0 saturated carbocycles. The lowest BCUT2D eigenvalue weighted by Gasteiger charge is -2.35. The number of alkyl carbamates (subject to hydrolysis) is 1. The van der Waals surface area contributed by atoms with Gasteiger partial charge in [0.25, 0.3) is 5.91 Å². The minimum atomic E-state index is -3.61. The Balaban J connectivity index is 1.34. The van der Waals surface area contributed by atoms with Crippen LogP contribution in [0.5, 0.6) is 0 Å². The Morgan fingerprint density at radius 1 is 1.07 bits per heavy atom. The molecule has 3 aromatic rings. The van der Waals surface area contributed by atoms with Crippen LogP contribution in [0.15, 0.2) is 30.5 Å². The van der Waals surface area contributed by atoms with E-state index in [1.54, 1.807) is 15.5 Å². The number of sulfonamides is 1. The number of ether oxygens (including phenoxy) is 1. The molecule has 1 atom stereocenters. The number of aromatic nitrogens is 3. The largest absolute Gasteiger partial charge is 0.444 e. The highest BCUT2D eigenvalue weighted by atomic mass is 35.5. The van der Waals surface area contributed by atoms with Gasteiger partial charge in [0.2, 0.25) is 10.0 Å². The maximum atomic E-state index is 13.9. The molecule has 0 unspecified atom stereocenters. The number of rotatable bonds is 6. The Kier molecular flexibility index (Phi) is 8.99. The zero-order valence-corrected chi connectivity index (χ0v) is 27.3. The van der Waals surface area contributed by atoms with Gasteiger partial charge in [0.15, 0.2) is 5.65 Å². The number of piperidine rings is 2. The second-order valence-electron chi connectivity index (χ2n) is 12.6. The number of fused-ring (bicyclic) bond motifs is 1. The first-order chi connectivity index (χ1) is 20.7. The van der Waals surface area contributed by atoms with Crippen LogP contribution in [0.4, 0.5) is 16.3 Å². The highest BCUT2D eigenvalue weighted by molar-refractivity contribution is 7.92. The van der Waals surface area contributed by atoms with Crippen molar-refractivity contribution in [3.63, 3.8) is 0 Å². The van der Waals surface area contributed by atoms with Crippen LogP contribution in [0.1, 0.15) is 80.5 Å². The number of halogens is 1. The zero-order valence-electron chi connectivity index (χ0n) is 25.8. The van der Waals surface area contributed by atoms with Crippen molar-refractivity contribution in [2.45, 2.75) is 77.5 Å². The van der Waals surface area contributed by atoms with Crippen molar-refractivity contribution < 1.29 is 22.7 Å². The van der Waals surface area contributed by atoms with Crippen LogP contribution < -0.4 is 14.9 Å². The van der Waals surface area contributed by atoms with Crippen molar-refractivity contribution in [3.05, 3.63) is 52.3 Å². The summed E-state index contributed by atoms with van der Waals surface area (Å²) in [5.74, 6) is 0.555. The van der Waals surface area contributed by atoms with Crippen LogP contribution in [0.25, 0.3) is 5.65 Å². The number of hydrogen-bond donors (Lipinski definition) is 2. The van der Waals surface area contributed by atoms with E-state index in [4.69, 9.17) is 26.4 Å². The molecular formula is C30H40ClN7O5S. The highest BCUT2D eigenvalue weighted by Gasteiger charge is 2.33. The number of nitrogens with zero attached hydrogens (tertiary/aromatic N) is 5. The molecule has 0 aliphatic carbocycles. The Morgan fingerprint density at radius 3 is 2.48 bits per heavy atom. The van der Waals surface area contributed by atoms with Crippen LogP contribution in [-0.2, 0) is 14.8 Å². The van der Waals surface area contributed by atoms with Crippen molar-refractivity contribution in [1.82, 2.24) is 24.8 Å². The molecule has 14 heteroatoms. The van der Waals surface area contributed by atoms with Crippen molar-refractivity contribution >= 4 is 50.8 Å². The van der Waals surface area contributed by atoms with Gasteiger partial charge < -0.3 is 19.9 Å². The van der Waals surface area contributed by atoms with Gasteiger partial charge in [0.1, 0.15) is 11.4 Å². The van der Waals surface area contributed by atoms with Gasteiger partial charge in [-0.25, -0.2) is 22.7 Å². The fraction of sp³-hybridized carbons (Fsp3) is 0.533. The summed E-state index contributed by atoms with van der Waals surface area (Å²) >= 11 is 6.22. The third kappa shape index (κ3) is 7.55. The van der Waals surface area contributed by atoms with E-state index in [1.165, 1.54) is 12.1 Å². The van der Waals surface area contributed by atoms with Gasteiger partial charge in [-0.2, -0.15) is 5.10 Å². The van der Waals surface area contributed by atoms with E-state index in [9.17, 15) is 18.0 Å². The molecule has 2 fully saturated rings. The summed E-state index contributed by atoms with van der Waals surface area (Å²) in [5, 5.41) is 8.14. The Hall–Kier alpha value is -3.58. The molecular weight excluding hydrogens is 606 g/mol. The number of benzene rings is 1. The monoisotopic (exact) mass is 645 g/mol. The van der Waals surface area contributed by atoms with Crippen LogP contribution in [0, 0.1) is 6.92 Å². The maximum Gasteiger partial charge on any atom is 0.407 e. The lowest BCUT2D eigenvalue weighted by Crippen LogP contribution is -2.46. The SMILES string of the molecule is Cc1cn2nc([C@@H]3CCCCN3C(=O)c3cc(Cl)ccc3NS(C)(=O)=O)cc2nc1N1CCC(NC(=O)OC(C)(C)C)CC1. The van der Waals surface area contributed by atoms with Crippen LogP contribution >= 0.6 is 11.6 Å². The fourth-order valence-electron chi connectivity index (χ4n) is 5.83. The van der Waals surface area contributed by atoms with Gasteiger partial charge >= 0.3 is 6.09 Å². The lowest BCUT2D eigenvalue weighted by atomic mass is 9.98. The lowest BCUT2D eigenvalue weighted by molar-refractivity contribution is 0.0496. The van der Waals surface area contributed by atoms with Gasteiger partial charge in [-0.05, 0) is 78.0 Å². The first-order valence-electron chi connectivity index (χ1n) is 14.9. The molecule has 5 rings (SSSR count). The van der Waals surface area contributed by atoms with Crippen molar-refractivity contribution in [1.29, 1.82) is 0 Å². The maximum absolute atomic E-state index is 13.9. The summed E-state index contributed by atoms with van der Waals surface area (Å²) in [7, 11) is -3.61. The first kappa shape index (κ1) is 31.8. The summed E-state index contributed by atoms with van der Waals surface area (Å²) in [6, 6.07) is 6.20. The van der Waals surface area contributed by atoms with Crippen LogP contribution in [0.3, 0.4) is 0 Å². The Bertz CT molecular complexity index is 1660. The molecule has 2 aliphatic heterocycles. The molecule has 2 N–H and O–H groups in total. The van der Waals surface area contributed by atoms with Gasteiger partial charge in [-0.3, -0.25) is 9.52 Å². The third-order valence-corrected chi connectivity index (χ3v) is 8.58. The van der Waals surface area contributed by atoms with Crippen LogP contribution in [0.2, 0.25) is 5.02 Å². The molecule has 12 nitrogen and oxygen atoms in total. The number of likely N-dealkylation sites (tertiary alicyclic amines) is 1. The molecule has 2 amide bonds. The summed E-state index contributed by atoms with van der Waals surface area (Å²) in [6.07, 6.45) is 6.61. The van der Waals surface area contributed by atoms with Gasteiger partial charge in [0.05, 0.1) is 29.2 Å². The second-order valence-corrected chi connectivity index (χ2v) is 14.8. The highest BCUT2D eigenvalue weighted by Crippen LogP contribution is 2.34. The number of carbonyl (C=O) groups is 2. The predicted molar refractivity (Wildman–Crippen MR) is 170 cm³/mol. The average molecular weight is 646 g/mol. The second kappa shape index (κ2) is 12.4. The molecule has 0 spiro atoms. The topological polar surface area (TPSA) is 138 Å². The molecule has 1 aromatic carbocycles. The van der Waals surface area contributed by atoms with Gasteiger partial charge in [0, 0.05) is 48.5 Å². The van der Waals surface area contributed by atoms with E-state index >= 15 is 0 Å².